The number of thiol groups is 1. The van der Waals surface area contributed by atoms with E-state index >= 15 is 0 Å². The van der Waals surface area contributed by atoms with E-state index in [9.17, 15) is 10.2 Å². The molecule has 0 aliphatic rings. The Bertz CT molecular complexity index is 627. The molecule has 2 aromatic rings. The molecule has 0 saturated carbocycles. The first-order chi connectivity index (χ1) is 9.13. The van der Waals surface area contributed by atoms with Crippen LogP contribution in [0.25, 0.3) is 0 Å². The second kappa shape index (κ2) is 5.86. The fourth-order valence-corrected chi connectivity index (χ4v) is 1.85. The van der Waals surface area contributed by atoms with Crippen molar-refractivity contribution >= 4 is 24.5 Å². The van der Waals surface area contributed by atoms with Crippen LogP contribution in [0.15, 0.2) is 40.4 Å². The van der Waals surface area contributed by atoms with Gasteiger partial charge in [0.1, 0.15) is 5.75 Å². The second-order valence-electron chi connectivity index (χ2n) is 4.04. The maximum Gasteiger partial charge on any atom is 0.145 e. The normalized spacial score (nSPS) is 11.1. The third-order valence-corrected chi connectivity index (χ3v) is 3.12. The Kier molecular flexibility index (Phi) is 4.19. The minimum absolute atomic E-state index is 0.0342. The monoisotopic (exact) mass is 274 g/mol. The quantitative estimate of drug-likeness (QED) is 0.595. The van der Waals surface area contributed by atoms with Crippen molar-refractivity contribution in [1.29, 1.82) is 0 Å². The number of aryl methyl sites for hydroxylation is 1. The van der Waals surface area contributed by atoms with Gasteiger partial charge in [-0.05, 0) is 19.1 Å². The van der Waals surface area contributed by atoms with E-state index in [1.807, 2.05) is 24.3 Å². The van der Waals surface area contributed by atoms with Crippen LogP contribution in [0.3, 0.4) is 0 Å². The van der Waals surface area contributed by atoms with E-state index in [0.29, 0.717) is 22.5 Å². The van der Waals surface area contributed by atoms with Crippen molar-refractivity contribution in [3.8, 4) is 5.75 Å². The minimum Gasteiger partial charge on any atom is -0.505 e. The molecule has 0 amide bonds. The lowest BCUT2D eigenvalue weighted by Gasteiger charge is -2.07. The van der Waals surface area contributed by atoms with Crippen LogP contribution in [0, 0.1) is 6.92 Å². The molecule has 2 rings (SSSR count). The van der Waals surface area contributed by atoms with Gasteiger partial charge in [-0.3, -0.25) is 9.98 Å². The molecule has 4 nitrogen and oxygen atoms in total. The molecule has 0 unspecified atom stereocenters. The summed E-state index contributed by atoms with van der Waals surface area (Å²) in [6.45, 7) is 1.49. The zero-order valence-corrected chi connectivity index (χ0v) is 11.3. The highest BCUT2D eigenvalue weighted by molar-refractivity contribution is 7.80. The van der Waals surface area contributed by atoms with Crippen molar-refractivity contribution in [2.75, 3.05) is 0 Å². The molecule has 19 heavy (non-hydrogen) atoms. The van der Waals surface area contributed by atoms with Gasteiger partial charge in [-0.1, -0.05) is 12.1 Å². The molecule has 0 aliphatic heterocycles. The molecule has 0 bridgehead atoms. The van der Waals surface area contributed by atoms with Crippen molar-refractivity contribution in [3.05, 3.63) is 47.3 Å². The Morgan fingerprint density at radius 3 is 2.79 bits per heavy atom. The van der Waals surface area contributed by atoms with E-state index in [1.54, 1.807) is 6.92 Å². The molecule has 0 saturated heterocycles. The topological polar surface area (TPSA) is 65.7 Å². The highest BCUT2D eigenvalue weighted by Crippen LogP contribution is 2.25. The standard InChI is InChI=1S/C14H14N2O2S/c1-9-14(18)11(10(8-17)6-15-9)7-16-12-4-2-3-5-13(12)19/h2-7,17-19H,8H2,1H3. The smallest absolute Gasteiger partial charge is 0.145 e. The molecule has 98 valence electrons. The molecular weight excluding hydrogens is 260 g/mol. The molecular formula is C14H14N2O2S. The summed E-state index contributed by atoms with van der Waals surface area (Å²) in [6, 6.07) is 7.38. The molecule has 5 heteroatoms. The third kappa shape index (κ3) is 2.94. The van der Waals surface area contributed by atoms with Gasteiger partial charge in [0.2, 0.25) is 0 Å². The number of hydrogen-bond acceptors (Lipinski definition) is 5. The Morgan fingerprint density at radius 2 is 2.11 bits per heavy atom. The number of aromatic hydroxyl groups is 1. The number of pyridine rings is 1. The average molecular weight is 274 g/mol. The van der Waals surface area contributed by atoms with Crippen LogP contribution in [0.5, 0.6) is 5.75 Å². The third-order valence-electron chi connectivity index (χ3n) is 2.74. The van der Waals surface area contributed by atoms with E-state index in [0.717, 1.165) is 4.90 Å². The number of aromatic nitrogens is 1. The van der Waals surface area contributed by atoms with Crippen LogP contribution >= 0.6 is 12.6 Å². The zero-order valence-electron chi connectivity index (χ0n) is 10.4. The highest BCUT2D eigenvalue weighted by atomic mass is 32.1. The van der Waals surface area contributed by atoms with E-state index in [1.165, 1.54) is 12.4 Å². The Morgan fingerprint density at radius 1 is 1.37 bits per heavy atom. The molecule has 2 N–H and O–H groups in total. The van der Waals surface area contributed by atoms with E-state index < -0.39 is 0 Å². The summed E-state index contributed by atoms with van der Waals surface area (Å²) in [7, 11) is 0. The number of aliphatic hydroxyl groups excluding tert-OH is 1. The van der Waals surface area contributed by atoms with Crippen LogP contribution in [-0.2, 0) is 6.61 Å². The summed E-state index contributed by atoms with van der Waals surface area (Å²) in [5.41, 5.74) is 2.21. The number of benzene rings is 1. The van der Waals surface area contributed by atoms with Crippen LogP contribution in [0.4, 0.5) is 5.69 Å². The maximum absolute atomic E-state index is 9.97. The second-order valence-corrected chi connectivity index (χ2v) is 4.52. The lowest BCUT2D eigenvalue weighted by molar-refractivity contribution is 0.280. The van der Waals surface area contributed by atoms with Gasteiger partial charge in [-0.15, -0.1) is 12.6 Å². The van der Waals surface area contributed by atoms with E-state index in [-0.39, 0.29) is 12.4 Å². The van der Waals surface area contributed by atoms with E-state index in [2.05, 4.69) is 22.6 Å². The van der Waals surface area contributed by atoms with Crippen LogP contribution < -0.4 is 0 Å². The van der Waals surface area contributed by atoms with Crippen molar-refractivity contribution in [2.24, 2.45) is 4.99 Å². The first kappa shape index (κ1) is 13.6. The van der Waals surface area contributed by atoms with Gasteiger partial charge in [-0.25, -0.2) is 0 Å². The van der Waals surface area contributed by atoms with Crippen molar-refractivity contribution in [3.63, 3.8) is 0 Å². The number of rotatable bonds is 3. The largest absolute Gasteiger partial charge is 0.505 e. The number of aliphatic imine (C=N–C) groups is 1. The van der Waals surface area contributed by atoms with Gasteiger partial charge in [0, 0.05) is 28.4 Å². The zero-order chi connectivity index (χ0) is 13.8. The fraction of sp³-hybridized carbons (Fsp3) is 0.143. The summed E-state index contributed by atoms with van der Waals surface area (Å²) in [5.74, 6) is 0.0342. The average Bonchev–Trinajstić information content (AvgIpc) is 2.42. The molecule has 0 aliphatic carbocycles. The summed E-state index contributed by atoms with van der Waals surface area (Å²) in [6.07, 6.45) is 3.05. The Balaban J connectivity index is 2.44. The van der Waals surface area contributed by atoms with Gasteiger partial charge in [0.25, 0.3) is 0 Å². The van der Waals surface area contributed by atoms with Crippen molar-refractivity contribution < 1.29 is 10.2 Å². The SMILES string of the molecule is Cc1ncc(CO)c(C=Nc2ccccc2S)c1O. The lowest BCUT2D eigenvalue weighted by Crippen LogP contribution is -1.97. The van der Waals surface area contributed by atoms with Crippen LogP contribution in [0.2, 0.25) is 0 Å². The summed E-state index contributed by atoms with van der Waals surface area (Å²) in [5, 5.41) is 19.2. The summed E-state index contributed by atoms with van der Waals surface area (Å²) >= 11 is 4.30. The molecule has 0 fully saturated rings. The van der Waals surface area contributed by atoms with Gasteiger partial charge in [0.05, 0.1) is 18.0 Å². The Hall–Kier alpha value is -1.85. The minimum atomic E-state index is -0.204. The number of hydrogen-bond donors (Lipinski definition) is 3. The first-order valence-electron chi connectivity index (χ1n) is 5.74. The molecule has 0 radical (unpaired) electrons. The first-order valence-corrected chi connectivity index (χ1v) is 6.18. The molecule has 1 heterocycles. The van der Waals surface area contributed by atoms with Crippen LogP contribution in [-0.4, -0.2) is 21.4 Å². The van der Waals surface area contributed by atoms with Crippen molar-refractivity contribution in [2.45, 2.75) is 18.4 Å². The fourth-order valence-electron chi connectivity index (χ4n) is 1.63. The Labute approximate surface area is 116 Å². The molecule has 1 aromatic heterocycles. The molecule has 0 spiro atoms. The van der Waals surface area contributed by atoms with E-state index in [4.69, 9.17) is 0 Å². The number of nitrogens with zero attached hydrogens (tertiary/aromatic N) is 2. The van der Waals surface area contributed by atoms with Gasteiger partial charge >= 0.3 is 0 Å². The summed E-state index contributed by atoms with van der Waals surface area (Å²) < 4.78 is 0. The molecule has 1 aromatic carbocycles. The van der Waals surface area contributed by atoms with Gasteiger partial charge in [-0.2, -0.15) is 0 Å². The lowest BCUT2D eigenvalue weighted by atomic mass is 10.1. The predicted molar refractivity (Wildman–Crippen MR) is 77.5 cm³/mol. The number of aliphatic hydroxyl groups is 1. The maximum atomic E-state index is 9.97. The highest BCUT2D eigenvalue weighted by Gasteiger charge is 2.09. The summed E-state index contributed by atoms with van der Waals surface area (Å²) in [4.78, 5) is 9.03. The van der Waals surface area contributed by atoms with Gasteiger partial charge in [0.15, 0.2) is 0 Å². The molecule has 0 atom stereocenters. The van der Waals surface area contributed by atoms with Crippen LogP contribution in [0.1, 0.15) is 16.8 Å². The van der Waals surface area contributed by atoms with Gasteiger partial charge < -0.3 is 10.2 Å². The predicted octanol–water partition coefficient (Wildman–Crippen LogP) is 2.63. The van der Waals surface area contributed by atoms with Crippen molar-refractivity contribution in [1.82, 2.24) is 4.98 Å². The number of para-hydroxylation sites is 1.